The maximum Gasteiger partial charge on any atom is 0.240 e. The normalized spacial score (nSPS) is 19.1. The Balaban J connectivity index is 1.75. The van der Waals surface area contributed by atoms with Crippen LogP contribution in [0, 0.1) is 5.92 Å². The highest BCUT2D eigenvalue weighted by Gasteiger charge is 2.43. The number of nitrogens with zero attached hydrogens (tertiary/aromatic N) is 1. The van der Waals surface area contributed by atoms with Crippen LogP contribution in [0.5, 0.6) is 0 Å². The van der Waals surface area contributed by atoms with Crippen LogP contribution in [0.15, 0.2) is 12.4 Å². The van der Waals surface area contributed by atoms with E-state index in [9.17, 15) is 4.79 Å². The van der Waals surface area contributed by atoms with Gasteiger partial charge in [-0.15, -0.1) is 0 Å². The lowest BCUT2D eigenvalue weighted by atomic mass is 9.96. The van der Waals surface area contributed by atoms with E-state index in [2.05, 4.69) is 15.3 Å². The standard InChI is InChI=1S/C11H18N4O/c1-11(12,8-2-3-8)10(16)15-5-4-9-13-6-7-14-9/h6-8H,2-5,12H2,1H3,(H,13,14)(H,15,16). The molecule has 1 unspecified atom stereocenters. The molecular weight excluding hydrogens is 204 g/mol. The van der Waals surface area contributed by atoms with Gasteiger partial charge in [0.2, 0.25) is 5.91 Å². The molecule has 0 spiro atoms. The van der Waals surface area contributed by atoms with Crippen molar-refractivity contribution in [3.63, 3.8) is 0 Å². The summed E-state index contributed by atoms with van der Waals surface area (Å²) in [7, 11) is 0. The summed E-state index contributed by atoms with van der Waals surface area (Å²) in [6.45, 7) is 2.39. The van der Waals surface area contributed by atoms with E-state index in [4.69, 9.17) is 5.73 Å². The molecule has 1 saturated carbocycles. The average Bonchev–Trinajstić information content (AvgIpc) is 2.99. The second-order valence-electron chi connectivity index (χ2n) is 4.60. The van der Waals surface area contributed by atoms with Crippen molar-refractivity contribution in [1.82, 2.24) is 15.3 Å². The number of rotatable bonds is 5. The second kappa shape index (κ2) is 4.25. The lowest BCUT2D eigenvalue weighted by molar-refractivity contribution is -0.126. The zero-order chi connectivity index (χ0) is 11.6. The molecule has 1 aromatic rings. The first kappa shape index (κ1) is 11.1. The molecule has 1 aliphatic carbocycles. The monoisotopic (exact) mass is 222 g/mol. The van der Waals surface area contributed by atoms with Gasteiger partial charge in [-0.3, -0.25) is 4.79 Å². The van der Waals surface area contributed by atoms with Crippen LogP contribution in [-0.2, 0) is 11.2 Å². The Bertz CT molecular complexity index is 354. The highest BCUT2D eigenvalue weighted by atomic mass is 16.2. The van der Waals surface area contributed by atoms with Crippen LogP contribution in [0.1, 0.15) is 25.6 Å². The average molecular weight is 222 g/mol. The van der Waals surface area contributed by atoms with Crippen molar-refractivity contribution in [3.05, 3.63) is 18.2 Å². The lowest BCUT2D eigenvalue weighted by Crippen LogP contribution is -2.53. The summed E-state index contributed by atoms with van der Waals surface area (Å²) in [4.78, 5) is 18.9. The van der Waals surface area contributed by atoms with Crippen LogP contribution < -0.4 is 11.1 Å². The Hall–Kier alpha value is -1.36. The quantitative estimate of drug-likeness (QED) is 0.665. The minimum atomic E-state index is -0.705. The molecule has 1 fully saturated rings. The molecule has 0 aliphatic heterocycles. The van der Waals surface area contributed by atoms with Gasteiger partial charge in [0.25, 0.3) is 0 Å². The van der Waals surface area contributed by atoms with Crippen LogP contribution in [0.3, 0.4) is 0 Å². The van der Waals surface area contributed by atoms with Gasteiger partial charge in [0, 0.05) is 25.4 Å². The van der Waals surface area contributed by atoms with Gasteiger partial charge in [-0.05, 0) is 25.7 Å². The summed E-state index contributed by atoms with van der Waals surface area (Å²) in [6.07, 6.45) is 6.32. The van der Waals surface area contributed by atoms with Crippen molar-refractivity contribution in [3.8, 4) is 0 Å². The predicted molar refractivity (Wildman–Crippen MR) is 60.6 cm³/mol. The van der Waals surface area contributed by atoms with E-state index in [1.54, 1.807) is 12.4 Å². The molecule has 2 rings (SSSR count). The zero-order valence-electron chi connectivity index (χ0n) is 9.49. The number of carbonyl (C=O) groups excluding carboxylic acids is 1. The number of aromatic nitrogens is 2. The molecule has 1 aromatic heterocycles. The fourth-order valence-corrected chi connectivity index (χ4v) is 1.79. The van der Waals surface area contributed by atoms with Crippen molar-refractivity contribution in [2.75, 3.05) is 6.54 Å². The van der Waals surface area contributed by atoms with Gasteiger partial charge in [-0.1, -0.05) is 0 Å². The summed E-state index contributed by atoms with van der Waals surface area (Å²) in [5, 5.41) is 2.86. The molecule has 4 N–H and O–H groups in total. The Morgan fingerprint density at radius 3 is 3.06 bits per heavy atom. The summed E-state index contributed by atoms with van der Waals surface area (Å²) >= 11 is 0. The maximum absolute atomic E-state index is 11.8. The summed E-state index contributed by atoms with van der Waals surface area (Å²) in [6, 6.07) is 0. The predicted octanol–water partition coefficient (Wildman–Crippen LogP) is 0.196. The molecule has 5 nitrogen and oxygen atoms in total. The third-order valence-electron chi connectivity index (χ3n) is 3.12. The van der Waals surface area contributed by atoms with Crippen LogP contribution in [0.25, 0.3) is 0 Å². The van der Waals surface area contributed by atoms with E-state index in [0.29, 0.717) is 18.9 Å². The minimum Gasteiger partial charge on any atom is -0.354 e. The fraction of sp³-hybridized carbons (Fsp3) is 0.636. The van der Waals surface area contributed by atoms with E-state index in [0.717, 1.165) is 18.7 Å². The molecule has 1 amide bonds. The number of amides is 1. The Morgan fingerprint density at radius 2 is 2.50 bits per heavy atom. The van der Waals surface area contributed by atoms with Gasteiger partial charge in [0.15, 0.2) is 0 Å². The van der Waals surface area contributed by atoms with E-state index < -0.39 is 5.54 Å². The first-order chi connectivity index (χ1) is 7.60. The highest BCUT2D eigenvalue weighted by Crippen LogP contribution is 2.37. The van der Waals surface area contributed by atoms with E-state index in [1.165, 1.54) is 0 Å². The van der Waals surface area contributed by atoms with Crippen molar-refractivity contribution >= 4 is 5.91 Å². The largest absolute Gasteiger partial charge is 0.354 e. The van der Waals surface area contributed by atoms with Crippen LogP contribution in [-0.4, -0.2) is 28.0 Å². The maximum atomic E-state index is 11.8. The Morgan fingerprint density at radius 1 is 1.75 bits per heavy atom. The SMILES string of the molecule is CC(N)(C(=O)NCCc1ncc[nH]1)C1CC1. The molecule has 0 saturated heterocycles. The molecule has 5 heteroatoms. The molecule has 1 heterocycles. The molecule has 1 atom stereocenters. The van der Waals surface area contributed by atoms with Crippen LogP contribution in [0.2, 0.25) is 0 Å². The van der Waals surface area contributed by atoms with Crippen molar-refractivity contribution in [2.24, 2.45) is 11.7 Å². The van der Waals surface area contributed by atoms with Gasteiger partial charge in [-0.25, -0.2) is 4.98 Å². The number of imidazole rings is 1. The number of aromatic amines is 1. The molecule has 0 aromatic carbocycles. The van der Waals surface area contributed by atoms with Gasteiger partial charge < -0.3 is 16.0 Å². The van der Waals surface area contributed by atoms with E-state index >= 15 is 0 Å². The number of hydrogen-bond donors (Lipinski definition) is 3. The summed E-state index contributed by atoms with van der Waals surface area (Å²) in [5.74, 6) is 1.18. The zero-order valence-corrected chi connectivity index (χ0v) is 9.49. The third kappa shape index (κ3) is 2.41. The van der Waals surface area contributed by atoms with Gasteiger partial charge in [0.1, 0.15) is 5.82 Å². The van der Waals surface area contributed by atoms with Crippen LogP contribution >= 0.6 is 0 Å². The lowest BCUT2D eigenvalue weighted by Gasteiger charge is -2.22. The number of hydrogen-bond acceptors (Lipinski definition) is 3. The van der Waals surface area contributed by atoms with Gasteiger partial charge in [0.05, 0.1) is 5.54 Å². The third-order valence-corrected chi connectivity index (χ3v) is 3.12. The number of carbonyl (C=O) groups is 1. The Kier molecular flexibility index (Phi) is 2.96. The smallest absolute Gasteiger partial charge is 0.240 e. The number of H-pyrrole nitrogens is 1. The van der Waals surface area contributed by atoms with Gasteiger partial charge in [-0.2, -0.15) is 0 Å². The number of nitrogens with one attached hydrogen (secondary N) is 2. The topological polar surface area (TPSA) is 83.8 Å². The first-order valence-electron chi connectivity index (χ1n) is 5.66. The van der Waals surface area contributed by atoms with E-state index in [-0.39, 0.29) is 5.91 Å². The minimum absolute atomic E-state index is 0.0541. The van der Waals surface area contributed by atoms with E-state index in [1.807, 2.05) is 6.92 Å². The molecular formula is C11H18N4O. The number of nitrogens with two attached hydrogens (primary N) is 1. The van der Waals surface area contributed by atoms with Crippen molar-refractivity contribution in [2.45, 2.75) is 31.7 Å². The summed E-state index contributed by atoms with van der Waals surface area (Å²) < 4.78 is 0. The summed E-state index contributed by atoms with van der Waals surface area (Å²) in [5.41, 5.74) is 5.28. The van der Waals surface area contributed by atoms with Gasteiger partial charge >= 0.3 is 0 Å². The second-order valence-corrected chi connectivity index (χ2v) is 4.60. The molecule has 0 radical (unpaired) electrons. The highest BCUT2D eigenvalue weighted by molar-refractivity contribution is 5.86. The van der Waals surface area contributed by atoms with Crippen molar-refractivity contribution in [1.29, 1.82) is 0 Å². The molecule has 16 heavy (non-hydrogen) atoms. The molecule has 1 aliphatic rings. The first-order valence-corrected chi connectivity index (χ1v) is 5.66. The molecule has 88 valence electrons. The van der Waals surface area contributed by atoms with Crippen LogP contribution in [0.4, 0.5) is 0 Å². The molecule has 0 bridgehead atoms. The van der Waals surface area contributed by atoms with Crippen molar-refractivity contribution < 1.29 is 4.79 Å². The Labute approximate surface area is 94.8 Å². The fourth-order valence-electron chi connectivity index (χ4n) is 1.79.